The Bertz CT molecular complexity index is 505. The number of carboxylic acids is 1. The molecule has 0 aliphatic heterocycles. The molecule has 0 spiro atoms. The number of carbonyl (C=O) groups excluding carboxylic acids is 1. The lowest BCUT2D eigenvalue weighted by Gasteiger charge is -2.28. The van der Waals surface area contributed by atoms with Crippen LogP contribution in [0.15, 0.2) is 24.3 Å². The number of carboxylic acid groups (broad SMARTS) is 1. The molecule has 0 unspecified atom stereocenters. The highest BCUT2D eigenvalue weighted by atomic mass is 16.6. The number of anilines is 1. The predicted molar refractivity (Wildman–Crippen MR) is 81.7 cm³/mol. The predicted octanol–water partition coefficient (Wildman–Crippen LogP) is 3.47. The number of nitrogens with zero attached hydrogens (tertiary/aromatic N) is 1. The molecule has 0 saturated carbocycles. The zero-order valence-corrected chi connectivity index (χ0v) is 13.0. The van der Waals surface area contributed by atoms with Crippen molar-refractivity contribution < 1.29 is 19.4 Å². The average molecular weight is 293 g/mol. The van der Waals surface area contributed by atoms with Gasteiger partial charge in [0.25, 0.3) is 0 Å². The van der Waals surface area contributed by atoms with Gasteiger partial charge in [-0.05, 0) is 38.8 Å². The molecular formula is C16H23NO4. The van der Waals surface area contributed by atoms with Crippen LogP contribution >= 0.6 is 0 Å². The Hall–Kier alpha value is -2.04. The second kappa shape index (κ2) is 7.11. The summed E-state index contributed by atoms with van der Waals surface area (Å²) in [6.07, 6.45) is 0.169. The second-order valence-corrected chi connectivity index (χ2v) is 5.83. The maximum atomic E-state index is 12.3. The fourth-order valence-electron chi connectivity index (χ4n) is 1.94. The maximum absolute atomic E-state index is 12.3. The van der Waals surface area contributed by atoms with Crippen LogP contribution in [0.3, 0.4) is 0 Å². The lowest BCUT2D eigenvalue weighted by atomic mass is 10.1. The Kier molecular flexibility index (Phi) is 5.76. The summed E-state index contributed by atoms with van der Waals surface area (Å²) in [5.74, 6) is -0.928. The van der Waals surface area contributed by atoms with Crippen LogP contribution in [-0.4, -0.2) is 29.3 Å². The first kappa shape index (κ1) is 17.0. The summed E-state index contributed by atoms with van der Waals surface area (Å²) in [6.45, 7) is 7.84. The van der Waals surface area contributed by atoms with Crippen LogP contribution in [0.1, 0.15) is 39.7 Å². The third-order valence-electron chi connectivity index (χ3n) is 2.69. The van der Waals surface area contributed by atoms with Crippen LogP contribution in [0.5, 0.6) is 0 Å². The van der Waals surface area contributed by atoms with E-state index in [4.69, 9.17) is 9.84 Å². The third-order valence-corrected chi connectivity index (χ3v) is 2.69. The summed E-state index contributed by atoms with van der Waals surface area (Å²) in [5.41, 5.74) is 0.602. The molecule has 1 aromatic carbocycles. The zero-order valence-electron chi connectivity index (χ0n) is 13.0. The van der Waals surface area contributed by atoms with E-state index in [2.05, 4.69) is 0 Å². The molecule has 0 aromatic heterocycles. The van der Waals surface area contributed by atoms with Gasteiger partial charge in [-0.25, -0.2) is 4.79 Å². The summed E-state index contributed by atoms with van der Waals surface area (Å²) in [6, 6.07) is 7.02. The Labute approximate surface area is 125 Å². The van der Waals surface area contributed by atoms with Crippen LogP contribution in [0.25, 0.3) is 0 Å². The monoisotopic (exact) mass is 293 g/mol. The molecule has 5 nitrogen and oxygen atoms in total. The molecule has 0 atom stereocenters. The van der Waals surface area contributed by atoms with Crippen molar-refractivity contribution in [2.75, 3.05) is 11.4 Å². The number of para-hydroxylation sites is 1. The highest BCUT2D eigenvalue weighted by molar-refractivity contribution is 5.90. The standard InChI is InChI=1S/C16H23NO4/c1-5-10-17(15(20)21-16(2,3)4)13-9-7-6-8-12(13)11-14(18)19/h6-9H,5,10-11H2,1-4H3,(H,18,19). The van der Waals surface area contributed by atoms with Crippen molar-refractivity contribution in [3.8, 4) is 0 Å². The molecule has 0 fully saturated rings. The smallest absolute Gasteiger partial charge is 0.414 e. The topological polar surface area (TPSA) is 66.8 Å². The van der Waals surface area contributed by atoms with Gasteiger partial charge in [0.2, 0.25) is 0 Å². The van der Waals surface area contributed by atoms with E-state index in [9.17, 15) is 9.59 Å². The molecular weight excluding hydrogens is 270 g/mol. The van der Waals surface area contributed by atoms with Crippen LogP contribution in [0, 0.1) is 0 Å². The summed E-state index contributed by atoms with van der Waals surface area (Å²) < 4.78 is 5.41. The number of hydrogen-bond acceptors (Lipinski definition) is 3. The normalized spacial score (nSPS) is 11.0. The van der Waals surface area contributed by atoms with E-state index in [1.54, 1.807) is 45.0 Å². The molecule has 0 heterocycles. The lowest BCUT2D eigenvalue weighted by Crippen LogP contribution is -2.38. The SMILES string of the molecule is CCCN(C(=O)OC(C)(C)C)c1ccccc1CC(=O)O. The highest BCUT2D eigenvalue weighted by Gasteiger charge is 2.24. The van der Waals surface area contributed by atoms with Gasteiger partial charge in [-0.15, -0.1) is 0 Å². The number of rotatable bonds is 5. The zero-order chi connectivity index (χ0) is 16.0. The van der Waals surface area contributed by atoms with E-state index in [0.717, 1.165) is 6.42 Å². The van der Waals surface area contributed by atoms with Gasteiger partial charge in [0.05, 0.1) is 12.1 Å². The first-order valence-electron chi connectivity index (χ1n) is 7.05. The molecule has 1 aromatic rings. The quantitative estimate of drug-likeness (QED) is 0.902. The molecule has 21 heavy (non-hydrogen) atoms. The van der Waals surface area contributed by atoms with Crippen molar-refractivity contribution in [1.29, 1.82) is 0 Å². The molecule has 1 rings (SSSR count). The largest absolute Gasteiger partial charge is 0.481 e. The van der Waals surface area contributed by atoms with Crippen molar-refractivity contribution in [2.45, 2.75) is 46.1 Å². The van der Waals surface area contributed by atoms with Gasteiger partial charge in [0.1, 0.15) is 5.60 Å². The third kappa shape index (κ3) is 5.45. The van der Waals surface area contributed by atoms with E-state index in [0.29, 0.717) is 17.8 Å². The average Bonchev–Trinajstić information content (AvgIpc) is 2.34. The molecule has 5 heteroatoms. The summed E-state index contributed by atoms with van der Waals surface area (Å²) >= 11 is 0. The van der Waals surface area contributed by atoms with Crippen LogP contribution in [0.2, 0.25) is 0 Å². The number of amides is 1. The molecule has 0 radical (unpaired) electrons. The first-order chi connectivity index (χ1) is 9.74. The summed E-state index contributed by atoms with van der Waals surface area (Å²) in [5, 5.41) is 8.99. The van der Waals surface area contributed by atoms with E-state index in [1.165, 1.54) is 4.90 Å². The number of aliphatic carboxylic acids is 1. The first-order valence-corrected chi connectivity index (χ1v) is 7.05. The number of ether oxygens (including phenoxy) is 1. The van der Waals surface area contributed by atoms with E-state index >= 15 is 0 Å². The van der Waals surface area contributed by atoms with Gasteiger partial charge in [0, 0.05) is 6.54 Å². The number of benzene rings is 1. The van der Waals surface area contributed by atoms with Crippen molar-refractivity contribution in [1.82, 2.24) is 0 Å². The minimum absolute atomic E-state index is 0.126. The van der Waals surface area contributed by atoms with E-state index in [-0.39, 0.29) is 6.42 Å². The van der Waals surface area contributed by atoms with Gasteiger partial charge in [0.15, 0.2) is 0 Å². The Morgan fingerprint density at radius 1 is 1.24 bits per heavy atom. The number of hydrogen-bond donors (Lipinski definition) is 1. The van der Waals surface area contributed by atoms with Gasteiger partial charge in [-0.1, -0.05) is 25.1 Å². The van der Waals surface area contributed by atoms with Gasteiger partial charge >= 0.3 is 12.1 Å². The fraction of sp³-hybridized carbons (Fsp3) is 0.500. The van der Waals surface area contributed by atoms with Gasteiger partial charge in [-0.2, -0.15) is 0 Å². The molecule has 1 amide bonds. The lowest BCUT2D eigenvalue weighted by molar-refractivity contribution is -0.136. The Morgan fingerprint density at radius 3 is 2.38 bits per heavy atom. The molecule has 116 valence electrons. The van der Waals surface area contributed by atoms with Crippen LogP contribution in [0.4, 0.5) is 10.5 Å². The minimum atomic E-state index is -0.928. The fourth-order valence-corrected chi connectivity index (χ4v) is 1.94. The summed E-state index contributed by atoms with van der Waals surface area (Å²) in [4.78, 5) is 24.8. The molecule has 0 bridgehead atoms. The minimum Gasteiger partial charge on any atom is -0.481 e. The Morgan fingerprint density at radius 2 is 1.86 bits per heavy atom. The Balaban J connectivity index is 3.10. The van der Waals surface area contributed by atoms with Crippen molar-refractivity contribution in [3.63, 3.8) is 0 Å². The van der Waals surface area contributed by atoms with E-state index in [1.807, 2.05) is 6.92 Å². The van der Waals surface area contributed by atoms with Crippen molar-refractivity contribution in [3.05, 3.63) is 29.8 Å². The van der Waals surface area contributed by atoms with Gasteiger partial charge in [-0.3, -0.25) is 9.69 Å². The van der Waals surface area contributed by atoms with Crippen LogP contribution in [-0.2, 0) is 16.0 Å². The molecule has 0 aliphatic rings. The second-order valence-electron chi connectivity index (χ2n) is 5.83. The maximum Gasteiger partial charge on any atom is 0.414 e. The number of carbonyl (C=O) groups is 2. The van der Waals surface area contributed by atoms with Crippen molar-refractivity contribution >= 4 is 17.7 Å². The van der Waals surface area contributed by atoms with Crippen LogP contribution < -0.4 is 4.90 Å². The van der Waals surface area contributed by atoms with Crippen molar-refractivity contribution in [2.24, 2.45) is 0 Å². The van der Waals surface area contributed by atoms with E-state index < -0.39 is 17.7 Å². The molecule has 0 aliphatic carbocycles. The molecule has 1 N–H and O–H groups in total. The highest BCUT2D eigenvalue weighted by Crippen LogP contribution is 2.23. The molecule has 0 saturated heterocycles. The van der Waals surface area contributed by atoms with Gasteiger partial charge < -0.3 is 9.84 Å². The summed E-state index contributed by atoms with van der Waals surface area (Å²) in [7, 11) is 0.